The van der Waals surface area contributed by atoms with Crippen molar-refractivity contribution in [3.8, 4) is 0 Å². The molecule has 0 aliphatic heterocycles. The van der Waals surface area contributed by atoms with Crippen LogP contribution in [0.4, 0.5) is 0 Å². The summed E-state index contributed by atoms with van der Waals surface area (Å²) in [6.45, 7) is 4.63. The van der Waals surface area contributed by atoms with E-state index in [9.17, 15) is 19.5 Å². The van der Waals surface area contributed by atoms with Crippen LogP contribution < -0.4 is 5.11 Å². The summed E-state index contributed by atoms with van der Waals surface area (Å²) >= 11 is 0. The number of nitrogens with zero attached hydrogens (tertiary/aromatic N) is 1. The van der Waals surface area contributed by atoms with E-state index >= 15 is 0 Å². The van der Waals surface area contributed by atoms with Gasteiger partial charge in [0.15, 0.2) is 6.10 Å². The number of ether oxygens (including phenoxy) is 3. The molecular weight excluding hydrogens is 715 g/mol. The van der Waals surface area contributed by atoms with Crippen LogP contribution in [0.3, 0.4) is 0 Å². The summed E-state index contributed by atoms with van der Waals surface area (Å²) in [5.41, 5.74) is 0. The second-order valence-corrected chi connectivity index (χ2v) is 17.0. The van der Waals surface area contributed by atoms with Gasteiger partial charge in [-0.3, -0.25) is 9.59 Å². The van der Waals surface area contributed by atoms with E-state index in [4.69, 9.17) is 14.2 Å². The zero-order chi connectivity index (χ0) is 42.1. The van der Waals surface area contributed by atoms with Gasteiger partial charge in [-0.1, -0.05) is 172 Å². The number of hydrogen-bond donors (Lipinski definition) is 0. The maximum absolute atomic E-state index is 12.7. The summed E-state index contributed by atoms with van der Waals surface area (Å²) < 4.78 is 17.2. The van der Waals surface area contributed by atoms with Crippen molar-refractivity contribution in [3.63, 3.8) is 0 Å². The third-order valence-corrected chi connectivity index (χ3v) is 10.5. The lowest BCUT2D eigenvalue weighted by Crippen LogP contribution is -2.55. The van der Waals surface area contributed by atoms with E-state index in [2.05, 4.69) is 50.3 Å². The number of rotatable bonds is 42. The molecule has 0 aromatic carbocycles. The number of hydrogen-bond acceptors (Lipinski definition) is 7. The van der Waals surface area contributed by atoms with Gasteiger partial charge in [0.2, 0.25) is 0 Å². The molecule has 0 radical (unpaired) electrons. The van der Waals surface area contributed by atoms with Gasteiger partial charge in [0.25, 0.3) is 0 Å². The van der Waals surface area contributed by atoms with E-state index in [0.717, 1.165) is 51.4 Å². The number of esters is 2. The van der Waals surface area contributed by atoms with Crippen LogP contribution in [0.25, 0.3) is 0 Å². The van der Waals surface area contributed by atoms with Gasteiger partial charge >= 0.3 is 11.9 Å². The topological polar surface area (TPSA) is 102 Å². The Labute approximate surface area is 351 Å². The second kappa shape index (κ2) is 40.3. The van der Waals surface area contributed by atoms with E-state index in [1.165, 1.54) is 122 Å². The van der Waals surface area contributed by atoms with Crippen molar-refractivity contribution in [3.05, 3.63) is 36.5 Å². The lowest BCUT2D eigenvalue weighted by atomic mass is 10.1. The largest absolute Gasteiger partial charge is 0.544 e. The van der Waals surface area contributed by atoms with Gasteiger partial charge in [0.1, 0.15) is 12.6 Å². The zero-order valence-electron chi connectivity index (χ0n) is 37.8. The standard InChI is InChI=1S/C49H89NO7/c1-6-8-10-12-14-16-18-19-20-21-22-23-24-25-26-27-28-30-31-33-35-37-39-47(51)56-44-45(43-55-42-41-46(49(53)54)50(3,4)5)57-48(52)40-38-36-34-32-29-17-15-13-11-9-7-2/h14,16,19-20,22-23,45-46H,6-13,15,17-18,21,24-44H2,1-5H3/b16-14+,20-19+,23-22+. The average Bonchev–Trinajstić information content (AvgIpc) is 3.17. The molecule has 0 spiro atoms. The Morgan fingerprint density at radius 2 is 0.930 bits per heavy atom. The van der Waals surface area contributed by atoms with Crippen molar-refractivity contribution >= 4 is 17.9 Å². The molecule has 2 unspecified atom stereocenters. The van der Waals surface area contributed by atoms with E-state index in [0.29, 0.717) is 12.8 Å². The molecule has 0 fully saturated rings. The summed E-state index contributed by atoms with van der Waals surface area (Å²) in [7, 11) is 5.41. The van der Waals surface area contributed by atoms with Gasteiger partial charge < -0.3 is 28.6 Å². The Kier molecular flexibility index (Phi) is 38.6. The minimum atomic E-state index is -1.12. The van der Waals surface area contributed by atoms with Crippen molar-refractivity contribution < 1.29 is 38.2 Å². The molecule has 2 atom stereocenters. The van der Waals surface area contributed by atoms with E-state index in [1.54, 1.807) is 21.1 Å². The number of quaternary nitrogens is 1. The van der Waals surface area contributed by atoms with Gasteiger partial charge in [-0.2, -0.15) is 0 Å². The normalized spacial score (nSPS) is 13.2. The third kappa shape index (κ3) is 38.8. The van der Waals surface area contributed by atoms with Gasteiger partial charge in [0, 0.05) is 19.3 Å². The zero-order valence-corrected chi connectivity index (χ0v) is 37.8. The lowest BCUT2D eigenvalue weighted by molar-refractivity contribution is -0.889. The first-order valence-corrected chi connectivity index (χ1v) is 23.5. The Morgan fingerprint density at radius 1 is 0.526 bits per heavy atom. The molecule has 0 bridgehead atoms. The molecule has 0 N–H and O–H groups in total. The molecular formula is C49H89NO7. The summed E-state index contributed by atoms with van der Waals surface area (Å²) in [5, 5.41) is 11.6. The fourth-order valence-electron chi connectivity index (χ4n) is 6.84. The summed E-state index contributed by atoms with van der Waals surface area (Å²) in [6, 6.07) is -0.724. The number of carbonyl (C=O) groups is 3. The van der Waals surface area contributed by atoms with Gasteiger partial charge in [-0.15, -0.1) is 0 Å². The molecule has 8 heteroatoms. The summed E-state index contributed by atoms with van der Waals surface area (Å²) in [6.07, 6.45) is 45.9. The Morgan fingerprint density at radius 3 is 1.40 bits per heavy atom. The van der Waals surface area contributed by atoms with Crippen molar-refractivity contribution in [2.45, 2.75) is 219 Å². The molecule has 0 rings (SSSR count). The number of carboxylic acids is 1. The van der Waals surface area contributed by atoms with Crippen molar-refractivity contribution in [1.82, 2.24) is 0 Å². The minimum Gasteiger partial charge on any atom is -0.544 e. The highest BCUT2D eigenvalue weighted by atomic mass is 16.6. The number of carboxylic acid groups (broad SMARTS) is 1. The fraction of sp³-hybridized carbons (Fsp3) is 0.816. The first-order valence-electron chi connectivity index (χ1n) is 23.5. The van der Waals surface area contributed by atoms with E-state index < -0.39 is 18.1 Å². The maximum Gasteiger partial charge on any atom is 0.306 e. The highest BCUT2D eigenvalue weighted by molar-refractivity contribution is 5.70. The SMILES string of the molecule is CCCCC/C=C/C/C=C/C/C=C/CCCCCCCCCCCC(=O)OCC(COCCC(C(=O)[O-])[N+](C)(C)C)OC(=O)CCCCCCCCCCCCC. The predicted octanol–water partition coefficient (Wildman–Crippen LogP) is 11.7. The molecule has 0 saturated heterocycles. The Balaban J connectivity index is 4.22. The van der Waals surface area contributed by atoms with E-state index in [-0.39, 0.29) is 42.7 Å². The fourth-order valence-corrected chi connectivity index (χ4v) is 6.84. The summed E-state index contributed by atoms with van der Waals surface area (Å²) in [5.74, 6) is -1.74. The van der Waals surface area contributed by atoms with Gasteiger partial charge in [-0.25, -0.2) is 0 Å². The van der Waals surface area contributed by atoms with Crippen molar-refractivity contribution in [1.29, 1.82) is 0 Å². The predicted molar refractivity (Wildman–Crippen MR) is 236 cm³/mol. The average molecular weight is 804 g/mol. The van der Waals surface area contributed by atoms with Crippen LogP contribution >= 0.6 is 0 Å². The van der Waals surface area contributed by atoms with Crippen LogP contribution in [0, 0.1) is 0 Å². The number of allylic oxidation sites excluding steroid dienone is 6. The quantitative estimate of drug-likeness (QED) is 0.0262. The van der Waals surface area contributed by atoms with Crippen molar-refractivity contribution in [2.75, 3.05) is 41.0 Å². The minimum absolute atomic E-state index is 0.0417. The smallest absolute Gasteiger partial charge is 0.306 e. The van der Waals surface area contributed by atoms with Crippen molar-refractivity contribution in [2.24, 2.45) is 0 Å². The third-order valence-electron chi connectivity index (χ3n) is 10.5. The number of unbranched alkanes of at least 4 members (excludes halogenated alkanes) is 22. The van der Waals surface area contributed by atoms with Crippen LogP contribution in [-0.4, -0.2) is 75.5 Å². The first-order chi connectivity index (χ1) is 27.6. The summed E-state index contributed by atoms with van der Waals surface area (Å²) in [4.78, 5) is 36.8. The number of likely N-dealkylation sites (N-methyl/N-ethyl adjacent to an activating group) is 1. The molecule has 0 saturated carbocycles. The monoisotopic (exact) mass is 804 g/mol. The molecule has 57 heavy (non-hydrogen) atoms. The highest BCUT2D eigenvalue weighted by Gasteiger charge is 2.25. The van der Waals surface area contributed by atoms with Crippen LogP contribution in [0.2, 0.25) is 0 Å². The van der Waals surface area contributed by atoms with Crippen LogP contribution in [-0.2, 0) is 28.6 Å². The second-order valence-electron chi connectivity index (χ2n) is 17.0. The highest BCUT2D eigenvalue weighted by Crippen LogP contribution is 2.15. The maximum atomic E-state index is 12.7. The molecule has 0 aromatic rings. The number of aliphatic carboxylic acids is 1. The van der Waals surface area contributed by atoms with Crippen LogP contribution in [0.1, 0.15) is 206 Å². The Hall–Kier alpha value is -2.45. The van der Waals surface area contributed by atoms with Crippen LogP contribution in [0.15, 0.2) is 36.5 Å². The molecule has 0 aliphatic rings. The van der Waals surface area contributed by atoms with Crippen LogP contribution in [0.5, 0.6) is 0 Å². The Bertz CT molecular complexity index is 1030. The molecule has 8 nitrogen and oxygen atoms in total. The molecule has 332 valence electrons. The van der Waals surface area contributed by atoms with E-state index in [1.807, 2.05) is 0 Å². The number of carbonyl (C=O) groups excluding carboxylic acids is 3. The molecule has 0 heterocycles. The lowest BCUT2D eigenvalue weighted by Gasteiger charge is -2.34. The van der Waals surface area contributed by atoms with Gasteiger partial charge in [-0.05, 0) is 51.4 Å². The van der Waals surface area contributed by atoms with Gasteiger partial charge in [0.05, 0.1) is 40.3 Å². The molecule has 0 aromatic heterocycles. The molecule has 0 aliphatic carbocycles. The first kappa shape index (κ1) is 54.6. The molecule has 0 amide bonds.